The zero-order chi connectivity index (χ0) is 16.4. The third kappa shape index (κ3) is 3.09. The van der Waals surface area contributed by atoms with E-state index in [0.29, 0.717) is 10.2 Å². The number of hydrogen-bond acceptors (Lipinski definition) is 7. The third-order valence-electron chi connectivity index (χ3n) is 3.02. The number of fused-ring (bicyclic) bond motifs is 1. The van der Waals surface area contributed by atoms with Crippen LogP contribution in [0.25, 0.3) is 10.2 Å². The Morgan fingerprint density at radius 1 is 1.30 bits per heavy atom. The smallest absolute Gasteiger partial charge is 0.338 e. The van der Waals surface area contributed by atoms with Crippen molar-refractivity contribution >= 4 is 33.2 Å². The standard InChI is InChI=1S/C14H9N3O5S/c18-13-12-10(5-6-23-12)15-11(16-13)7-22-14(19)8-1-3-9(4-2-8)17(20)21/h1-6H,7H2,(H,15,16,18). The average Bonchev–Trinajstić information content (AvgIpc) is 3.02. The lowest BCUT2D eigenvalue weighted by Crippen LogP contribution is -2.13. The van der Waals surface area contributed by atoms with E-state index >= 15 is 0 Å². The normalized spacial score (nSPS) is 10.6. The zero-order valence-electron chi connectivity index (χ0n) is 11.5. The van der Waals surface area contributed by atoms with Gasteiger partial charge in [0.2, 0.25) is 0 Å². The summed E-state index contributed by atoms with van der Waals surface area (Å²) in [6.07, 6.45) is 0. The van der Waals surface area contributed by atoms with Gasteiger partial charge in [-0.2, -0.15) is 0 Å². The van der Waals surface area contributed by atoms with Crippen LogP contribution in [-0.4, -0.2) is 20.9 Å². The van der Waals surface area contributed by atoms with E-state index in [1.807, 2.05) is 0 Å². The number of nitro groups is 1. The van der Waals surface area contributed by atoms with Crippen LogP contribution in [0.4, 0.5) is 5.69 Å². The molecule has 3 rings (SSSR count). The number of benzene rings is 1. The van der Waals surface area contributed by atoms with Gasteiger partial charge in [-0.15, -0.1) is 11.3 Å². The Balaban J connectivity index is 1.72. The van der Waals surface area contributed by atoms with Crippen LogP contribution >= 0.6 is 11.3 Å². The minimum atomic E-state index is -0.659. The maximum atomic E-state index is 11.9. The summed E-state index contributed by atoms with van der Waals surface area (Å²) in [4.78, 5) is 40.4. The highest BCUT2D eigenvalue weighted by atomic mass is 32.1. The van der Waals surface area contributed by atoms with E-state index in [9.17, 15) is 19.7 Å². The molecule has 0 unspecified atom stereocenters. The molecule has 0 fully saturated rings. The summed E-state index contributed by atoms with van der Waals surface area (Å²) in [6.45, 7) is -0.198. The average molecular weight is 331 g/mol. The van der Waals surface area contributed by atoms with Crippen molar-refractivity contribution in [1.82, 2.24) is 9.97 Å². The number of aromatic amines is 1. The molecule has 0 amide bonds. The molecule has 0 aliphatic heterocycles. The number of ether oxygens (including phenoxy) is 1. The molecule has 9 heteroatoms. The van der Waals surface area contributed by atoms with Crippen LogP contribution in [0.3, 0.4) is 0 Å². The summed E-state index contributed by atoms with van der Waals surface area (Å²) in [5.74, 6) is -0.427. The molecular weight excluding hydrogens is 322 g/mol. The number of nitrogens with zero attached hydrogens (tertiary/aromatic N) is 2. The second kappa shape index (κ2) is 5.97. The van der Waals surface area contributed by atoms with Crippen LogP contribution in [0.15, 0.2) is 40.5 Å². The van der Waals surface area contributed by atoms with Gasteiger partial charge in [0, 0.05) is 12.1 Å². The molecule has 0 aliphatic carbocycles. The molecule has 2 heterocycles. The van der Waals surface area contributed by atoms with Crippen molar-refractivity contribution in [3.63, 3.8) is 0 Å². The van der Waals surface area contributed by atoms with E-state index < -0.39 is 10.9 Å². The molecule has 8 nitrogen and oxygen atoms in total. The van der Waals surface area contributed by atoms with Crippen LogP contribution < -0.4 is 5.56 Å². The fourth-order valence-corrected chi connectivity index (χ4v) is 2.65. The number of rotatable bonds is 4. The maximum Gasteiger partial charge on any atom is 0.338 e. The van der Waals surface area contributed by atoms with Gasteiger partial charge in [0.1, 0.15) is 17.1 Å². The topological polar surface area (TPSA) is 115 Å². The first-order chi connectivity index (χ1) is 11.0. The molecule has 23 heavy (non-hydrogen) atoms. The largest absolute Gasteiger partial charge is 0.454 e. The molecule has 0 radical (unpaired) electrons. The van der Waals surface area contributed by atoms with Crippen molar-refractivity contribution in [2.75, 3.05) is 0 Å². The molecule has 0 saturated carbocycles. The van der Waals surface area contributed by atoms with E-state index in [0.717, 1.165) is 0 Å². The van der Waals surface area contributed by atoms with Gasteiger partial charge in [-0.1, -0.05) is 0 Å². The minimum absolute atomic E-state index is 0.115. The van der Waals surface area contributed by atoms with Crippen molar-refractivity contribution in [2.45, 2.75) is 6.61 Å². The Kier molecular flexibility index (Phi) is 3.85. The van der Waals surface area contributed by atoms with Gasteiger partial charge >= 0.3 is 5.97 Å². The highest BCUT2D eigenvalue weighted by Gasteiger charge is 2.12. The molecule has 1 N–H and O–H groups in total. The van der Waals surface area contributed by atoms with Gasteiger partial charge in [-0.3, -0.25) is 14.9 Å². The predicted octanol–water partition coefficient (Wildman–Crippen LogP) is 2.25. The van der Waals surface area contributed by atoms with E-state index in [4.69, 9.17) is 4.74 Å². The van der Waals surface area contributed by atoms with Gasteiger partial charge in [0.15, 0.2) is 0 Å². The molecule has 0 spiro atoms. The number of hydrogen-bond donors (Lipinski definition) is 1. The van der Waals surface area contributed by atoms with E-state index in [2.05, 4.69) is 9.97 Å². The number of carbonyl (C=O) groups excluding carboxylic acids is 1. The van der Waals surface area contributed by atoms with Crippen LogP contribution in [0.1, 0.15) is 16.2 Å². The van der Waals surface area contributed by atoms with Gasteiger partial charge in [-0.25, -0.2) is 9.78 Å². The Morgan fingerprint density at radius 2 is 2.04 bits per heavy atom. The first-order valence-electron chi connectivity index (χ1n) is 6.42. The summed E-state index contributed by atoms with van der Waals surface area (Å²) < 4.78 is 5.57. The van der Waals surface area contributed by atoms with E-state index in [1.165, 1.54) is 35.6 Å². The number of H-pyrrole nitrogens is 1. The summed E-state index contributed by atoms with van der Waals surface area (Å²) in [6, 6.07) is 6.75. The highest BCUT2D eigenvalue weighted by molar-refractivity contribution is 7.17. The highest BCUT2D eigenvalue weighted by Crippen LogP contribution is 2.15. The monoisotopic (exact) mass is 331 g/mol. The number of nitrogens with one attached hydrogen (secondary N) is 1. The fraction of sp³-hybridized carbons (Fsp3) is 0.0714. The van der Waals surface area contributed by atoms with Gasteiger partial charge in [0.25, 0.3) is 11.2 Å². The van der Waals surface area contributed by atoms with Gasteiger partial charge in [0.05, 0.1) is 16.0 Å². The lowest BCUT2D eigenvalue weighted by Gasteiger charge is -2.04. The molecule has 1 aromatic carbocycles. The van der Waals surface area contributed by atoms with Crippen molar-refractivity contribution in [3.8, 4) is 0 Å². The van der Waals surface area contributed by atoms with Crippen LogP contribution in [0, 0.1) is 10.1 Å². The minimum Gasteiger partial charge on any atom is -0.454 e. The zero-order valence-corrected chi connectivity index (χ0v) is 12.3. The van der Waals surface area contributed by atoms with Crippen molar-refractivity contribution in [3.05, 3.63) is 67.6 Å². The number of nitro benzene ring substituents is 1. The van der Waals surface area contributed by atoms with Crippen LogP contribution in [-0.2, 0) is 11.3 Å². The Hall–Kier alpha value is -3.07. The molecule has 0 atom stereocenters. The number of carbonyl (C=O) groups is 1. The van der Waals surface area contributed by atoms with Crippen molar-refractivity contribution < 1.29 is 14.5 Å². The van der Waals surface area contributed by atoms with Gasteiger partial charge in [-0.05, 0) is 23.6 Å². The SMILES string of the molecule is O=C(OCc1nc2ccsc2c(=O)[nH]1)c1ccc([N+](=O)[O-])cc1. The first-order valence-corrected chi connectivity index (χ1v) is 7.30. The molecule has 0 saturated heterocycles. The number of esters is 1. The van der Waals surface area contributed by atoms with Crippen molar-refractivity contribution in [1.29, 1.82) is 0 Å². The van der Waals surface area contributed by atoms with Crippen molar-refractivity contribution in [2.24, 2.45) is 0 Å². The maximum absolute atomic E-state index is 11.9. The molecule has 2 aromatic heterocycles. The molecule has 0 aliphatic rings. The lowest BCUT2D eigenvalue weighted by molar-refractivity contribution is -0.384. The number of non-ortho nitro benzene ring substituents is 1. The second-order valence-electron chi connectivity index (χ2n) is 4.53. The molecular formula is C14H9N3O5S. The second-order valence-corrected chi connectivity index (χ2v) is 5.44. The number of thiophene rings is 1. The molecule has 3 aromatic rings. The Bertz CT molecular complexity index is 945. The first kappa shape index (κ1) is 14.9. The van der Waals surface area contributed by atoms with E-state index in [-0.39, 0.29) is 29.2 Å². The van der Waals surface area contributed by atoms with E-state index in [1.54, 1.807) is 11.4 Å². The van der Waals surface area contributed by atoms with Gasteiger partial charge < -0.3 is 9.72 Å². The van der Waals surface area contributed by atoms with Crippen LogP contribution in [0.2, 0.25) is 0 Å². The lowest BCUT2D eigenvalue weighted by atomic mass is 10.2. The fourth-order valence-electron chi connectivity index (χ4n) is 1.93. The summed E-state index contributed by atoms with van der Waals surface area (Å²) in [5.41, 5.74) is 0.316. The molecule has 0 bridgehead atoms. The third-order valence-corrected chi connectivity index (χ3v) is 3.92. The number of aromatic nitrogens is 2. The summed E-state index contributed by atoms with van der Waals surface area (Å²) in [5, 5.41) is 12.3. The van der Waals surface area contributed by atoms with Crippen LogP contribution in [0.5, 0.6) is 0 Å². The molecule has 116 valence electrons. The quantitative estimate of drug-likeness (QED) is 0.445. The predicted molar refractivity (Wildman–Crippen MR) is 82.5 cm³/mol. The summed E-state index contributed by atoms with van der Waals surface area (Å²) in [7, 11) is 0. The summed E-state index contributed by atoms with van der Waals surface area (Å²) >= 11 is 1.28. The Labute approximate surface area is 132 Å². The Morgan fingerprint density at radius 3 is 2.74 bits per heavy atom.